The van der Waals surface area contributed by atoms with Crippen LogP contribution in [0.5, 0.6) is 0 Å². The molecule has 0 aliphatic carbocycles. The van der Waals surface area contributed by atoms with Gasteiger partial charge >= 0.3 is 0 Å². The summed E-state index contributed by atoms with van der Waals surface area (Å²) < 4.78 is 22.8. The zero-order chi connectivity index (χ0) is 59.5. The van der Waals surface area contributed by atoms with Crippen LogP contribution in [-0.4, -0.2) is 140 Å². The molecule has 2 aliphatic rings. The van der Waals surface area contributed by atoms with Crippen LogP contribution in [-0.2, 0) is 23.7 Å². The molecule has 2 aliphatic heterocycles. The quantitative estimate of drug-likeness (QED) is 0.0204. The summed E-state index contributed by atoms with van der Waals surface area (Å²) in [6.07, 6.45) is 51.5. The third-order valence-corrected chi connectivity index (χ3v) is 16.5. The van der Waals surface area contributed by atoms with Gasteiger partial charge in [0.1, 0.15) is 48.8 Å². The maximum atomic E-state index is 13.3. The Morgan fingerprint density at radius 1 is 0.439 bits per heavy atom. The highest BCUT2D eigenvalue weighted by atomic mass is 16.7. The molecule has 480 valence electrons. The van der Waals surface area contributed by atoms with Gasteiger partial charge in [-0.2, -0.15) is 0 Å². The van der Waals surface area contributed by atoms with E-state index >= 15 is 0 Å². The van der Waals surface area contributed by atoms with Gasteiger partial charge in [-0.25, -0.2) is 0 Å². The largest absolute Gasteiger partial charge is 0.394 e. The molecule has 1 amide bonds. The third kappa shape index (κ3) is 37.5. The smallest absolute Gasteiger partial charge is 0.220 e. The van der Waals surface area contributed by atoms with Crippen LogP contribution < -0.4 is 5.32 Å². The molecule has 0 spiro atoms. The Labute approximate surface area is 499 Å². The molecule has 0 saturated carbocycles. The number of rotatable bonds is 55. The van der Waals surface area contributed by atoms with Crippen molar-refractivity contribution >= 4 is 5.91 Å². The average molecular weight is 1160 g/mol. The molecule has 0 radical (unpaired) electrons. The van der Waals surface area contributed by atoms with Crippen molar-refractivity contribution in [3.05, 3.63) is 48.6 Å². The minimum atomic E-state index is -1.79. The molecule has 14 heteroatoms. The number of ether oxygens (including phenoxy) is 4. The number of allylic oxidation sites excluding steroid dienone is 7. The van der Waals surface area contributed by atoms with Gasteiger partial charge in [-0.3, -0.25) is 4.79 Å². The topological polar surface area (TPSA) is 228 Å². The summed E-state index contributed by atoms with van der Waals surface area (Å²) in [7, 11) is 0. The van der Waals surface area contributed by atoms with Gasteiger partial charge in [0.2, 0.25) is 5.91 Å². The molecule has 0 aromatic heterocycles. The standard InChI is InChI=1S/C68H125NO13/c1-3-5-7-9-11-13-15-17-19-21-23-24-25-26-27-28-29-30-31-32-34-36-38-40-42-44-46-48-50-52-60(73)69-56(57(72)51-49-47-45-43-41-39-37-35-33-22-20-18-16-14-12-10-8-6-4-2)55-79-67-65(78)63(76)66(59(54-71)81-67)82-68-64(77)62(75)61(74)58(53-70)80-68/h15,17,21,23,25-26,49,51,56-59,61-68,70-72,74-78H,3-14,16,18-20,22,24,27-48,50,52-55H2,1-2H3,(H,69,73)/b17-15-,23-21-,26-25-,51-49+. The van der Waals surface area contributed by atoms with Crippen molar-refractivity contribution in [1.29, 1.82) is 0 Å². The normalized spacial score (nSPS) is 24.2. The minimum absolute atomic E-state index is 0.238. The van der Waals surface area contributed by atoms with E-state index in [1.807, 2.05) is 6.08 Å². The molecule has 9 N–H and O–H groups in total. The van der Waals surface area contributed by atoms with Gasteiger partial charge in [0.05, 0.1) is 32.0 Å². The van der Waals surface area contributed by atoms with Gasteiger partial charge in [-0.05, 0) is 57.8 Å². The van der Waals surface area contributed by atoms with Gasteiger partial charge < -0.3 is 65.1 Å². The Bertz CT molecular complexity index is 1560. The lowest BCUT2D eigenvalue weighted by atomic mass is 9.97. The molecule has 0 aromatic rings. The van der Waals surface area contributed by atoms with E-state index in [-0.39, 0.29) is 18.9 Å². The van der Waals surface area contributed by atoms with Gasteiger partial charge in [-0.15, -0.1) is 0 Å². The second-order valence-corrected chi connectivity index (χ2v) is 24.0. The summed E-state index contributed by atoms with van der Waals surface area (Å²) >= 11 is 0. The molecule has 12 atom stereocenters. The molecule has 2 saturated heterocycles. The number of aliphatic hydroxyl groups excluding tert-OH is 8. The zero-order valence-electron chi connectivity index (χ0n) is 52.0. The highest BCUT2D eigenvalue weighted by Gasteiger charge is 2.51. The summed E-state index contributed by atoms with van der Waals surface area (Å²) in [5.41, 5.74) is 0. The molecular formula is C68H125NO13. The number of nitrogens with one attached hydrogen (secondary N) is 1. The van der Waals surface area contributed by atoms with Crippen LogP contribution in [0.25, 0.3) is 0 Å². The third-order valence-electron chi connectivity index (χ3n) is 16.5. The van der Waals surface area contributed by atoms with E-state index in [4.69, 9.17) is 18.9 Å². The lowest BCUT2D eigenvalue weighted by Crippen LogP contribution is -2.65. The number of carbonyl (C=O) groups excluding carboxylic acids is 1. The van der Waals surface area contributed by atoms with Crippen LogP contribution in [0.4, 0.5) is 0 Å². The average Bonchev–Trinajstić information content (AvgIpc) is 3.65. The summed E-state index contributed by atoms with van der Waals surface area (Å²) in [6.45, 7) is 2.82. The second-order valence-electron chi connectivity index (χ2n) is 24.0. The summed E-state index contributed by atoms with van der Waals surface area (Å²) in [4.78, 5) is 13.3. The lowest BCUT2D eigenvalue weighted by Gasteiger charge is -2.46. The Balaban J connectivity index is 1.69. The van der Waals surface area contributed by atoms with Crippen LogP contribution in [0.3, 0.4) is 0 Å². The van der Waals surface area contributed by atoms with Crippen LogP contribution in [0.15, 0.2) is 48.6 Å². The Morgan fingerprint density at radius 2 is 0.805 bits per heavy atom. The second kappa shape index (κ2) is 53.2. The zero-order valence-corrected chi connectivity index (χ0v) is 52.0. The molecule has 0 aromatic carbocycles. The predicted molar refractivity (Wildman–Crippen MR) is 332 cm³/mol. The van der Waals surface area contributed by atoms with Crippen molar-refractivity contribution in [2.45, 2.75) is 357 Å². The van der Waals surface area contributed by atoms with Crippen molar-refractivity contribution < 1.29 is 64.6 Å². The summed E-state index contributed by atoms with van der Waals surface area (Å²) in [5, 5.41) is 87.3. The van der Waals surface area contributed by atoms with Crippen LogP contribution in [0.2, 0.25) is 0 Å². The molecule has 2 heterocycles. The predicted octanol–water partition coefficient (Wildman–Crippen LogP) is 13.1. The van der Waals surface area contributed by atoms with E-state index in [1.54, 1.807) is 6.08 Å². The van der Waals surface area contributed by atoms with Gasteiger partial charge in [0, 0.05) is 6.42 Å². The number of hydrogen-bond donors (Lipinski definition) is 9. The van der Waals surface area contributed by atoms with E-state index in [1.165, 1.54) is 205 Å². The number of hydrogen-bond acceptors (Lipinski definition) is 13. The molecule has 82 heavy (non-hydrogen) atoms. The first-order valence-electron chi connectivity index (χ1n) is 33.9. The highest BCUT2D eigenvalue weighted by molar-refractivity contribution is 5.76. The maximum absolute atomic E-state index is 13.3. The Morgan fingerprint density at radius 3 is 1.23 bits per heavy atom. The van der Waals surface area contributed by atoms with Crippen molar-refractivity contribution in [1.82, 2.24) is 5.32 Å². The number of unbranched alkanes of at least 4 members (excludes halogenated alkanes) is 36. The number of amides is 1. The van der Waals surface area contributed by atoms with Crippen molar-refractivity contribution in [2.24, 2.45) is 0 Å². The van der Waals surface area contributed by atoms with Crippen molar-refractivity contribution in [2.75, 3.05) is 19.8 Å². The highest BCUT2D eigenvalue weighted by Crippen LogP contribution is 2.30. The molecular weight excluding hydrogens is 1040 g/mol. The van der Waals surface area contributed by atoms with E-state index in [2.05, 4.69) is 55.6 Å². The van der Waals surface area contributed by atoms with Crippen molar-refractivity contribution in [3.8, 4) is 0 Å². The van der Waals surface area contributed by atoms with Crippen LogP contribution in [0, 0.1) is 0 Å². The first kappa shape index (κ1) is 76.0. The Kier molecular flexibility index (Phi) is 49.3. The van der Waals surface area contributed by atoms with E-state index < -0.39 is 86.8 Å². The number of aliphatic hydroxyl groups is 8. The molecule has 12 unspecified atom stereocenters. The lowest BCUT2D eigenvalue weighted by molar-refractivity contribution is -0.359. The van der Waals surface area contributed by atoms with E-state index in [9.17, 15) is 45.6 Å². The fourth-order valence-corrected chi connectivity index (χ4v) is 11.1. The maximum Gasteiger partial charge on any atom is 0.220 e. The molecule has 2 fully saturated rings. The molecule has 0 bridgehead atoms. The number of carbonyl (C=O) groups is 1. The van der Waals surface area contributed by atoms with Crippen LogP contribution >= 0.6 is 0 Å². The monoisotopic (exact) mass is 1160 g/mol. The van der Waals surface area contributed by atoms with Gasteiger partial charge in [0.25, 0.3) is 0 Å². The van der Waals surface area contributed by atoms with Crippen molar-refractivity contribution in [3.63, 3.8) is 0 Å². The SMILES string of the molecule is CCCCCCC/C=C\C/C=C\C/C=C\CCCCCCCCCCCCCCCCC(=O)NC(COC1OC(CO)C(OC2OC(CO)C(O)C(O)C2O)C(O)C1O)C(O)/C=C/CCCCCCCCCCCCCCCCCCC. The summed E-state index contributed by atoms with van der Waals surface area (Å²) in [5.74, 6) is -0.238. The fourth-order valence-electron chi connectivity index (χ4n) is 11.1. The molecule has 14 nitrogen and oxygen atoms in total. The Hall–Kier alpha value is -2.05. The van der Waals surface area contributed by atoms with Gasteiger partial charge in [-0.1, -0.05) is 268 Å². The fraction of sp³-hybridized carbons (Fsp3) is 0.868. The van der Waals surface area contributed by atoms with E-state index in [0.717, 1.165) is 51.4 Å². The summed E-state index contributed by atoms with van der Waals surface area (Å²) in [6, 6.07) is -0.916. The first-order valence-corrected chi connectivity index (χ1v) is 33.9. The van der Waals surface area contributed by atoms with E-state index in [0.29, 0.717) is 6.42 Å². The molecule has 2 rings (SSSR count). The first-order chi connectivity index (χ1) is 40.1. The van der Waals surface area contributed by atoms with Gasteiger partial charge in [0.15, 0.2) is 12.6 Å². The minimum Gasteiger partial charge on any atom is -0.394 e. The van der Waals surface area contributed by atoms with Crippen LogP contribution in [0.1, 0.15) is 284 Å².